The van der Waals surface area contributed by atoms with Crippen LogP contribution in [-0.2, 0) is 9.47 Å². The summed E-state index contributed by atoms with van der Waals surface area (Å²) in [5, 5.41) is 5.57. The molecule has 7 nitrogen and oxygen atoms in total. The van der Waals surface area contributed by atoms with Gasteiger partial charge in [-0.05, 0) is 45.9 Å². The van der Waals surface area contributed by atoms with Gasteiger partial charge in [-0.1, -0.05) is 6.07 Å². The fourth-order valence-electron chi connectivity index (χ4n) is 3.07. The van der Waals surface area contributed by atoms with Gasteiger partial charge in [0.2, 0.25) is 0 Å². The van der Waals surface area contributed by atoms with Crippen LogP contribution in [0.5, 0.6) is 0 Å². The van der Waals surface area contributed by atoms with E-state index < -0.39 is 6.09 Å². The van der Waals surface area contributed by atoms with Crippen molar-refractivity contribution in [1.29, 1.82) is 0 Å². The first-order valence-corrected chi connectivity index (χ1v) is 9.10. The Morgan fingerprint density at radius 1 is 1.31 bits per heavy atom. The lowest BCUT2D eigenvalue weighted by Gasteiger charge is -2.39. The molecule has 0 saturated carbocycles. The molecule has 0 radical (unpaired) electrons. The molecule has 1 aliphatic heterocycles. The number of rotatable bonds is 6. The SMILES string of the molecule is CCOC(=O)Nc1cccc(C(=O)NC[C@H](C)N2C[C@@H](C)O[C@H](C)C2)c1. The number of amides is 2. The second-order valence-electron chi connectivity index (χ2n) is 6.70. The van der Waals surface area contributed by atoms with Gasteiger partial charge in [-0.25, -0.2) is 4.79 Å². The molecule has 26 heavy (non-hydrogen) atoms. The van der Waals surface area contributed by atoms with E-state index in [0.29, 0.717) is 24.4 Å². The summed E-state index contributed by atoms with van der Waals surface area (Å²) < 4.78 is 10.6. The van der Waals surface area contributed by atoms with Gasteiger partial charge in [0.05, 0.1) is 18.8 Å². The molecule has 1 heterocycles. The van der Waals surface area contributed by atoms with Crippen LogP contribution >= 0.6 is 0 Å². The molecule has 1 fully saturated rings. The molecule has 1 aromatic carbocycles. The van der Waals surface area contributed by atoms with Crippen LogP contribution in [0.1, 0.15) is 38.1 Å². The molecule has 7 heteroatoms. The van der Waals surface area contributed by atoms with Gasteiger partial charge in [0.15, 0.2) is 0 Å². The van der Waals surface area contributed by atoms with Crippen molar-refractivity contribution in [3.63, 3.8) is 0 Å². The van der Waals surface area contributed by atoms with Crippen molar-refractivity contribution >= 4 is 17.7 Å². The lowest BCUT2D eigenvalue weighted by atomic mass is 10.1. The van der Waals surface area contributed by atoms with Gasteiger partial charge in [-0.3, -0.25) is 15.0 Å². The Balaban J connectivity index is 1.88. The Kier molecular flexibility index (Phi) is 7.41. The standard InChI is InChI=1S/C19H29N3O4/c1-5-25-19(24)21-17-8-6-7-16(9-17)18(23)20-10-13(2)22-11-14(3)26-15(4)12-22/h6-9,13-15H,5,10-12H2,1-4H3,(H,20,23)(H,21,24)/t13-,14+,15+/m0/s1. The fourth-order valence-corrected chi connectivity index (χ4v) is 3.07. The summed E-state index contributed by atoms with van der Waals surface area (Å²) in [5.41, 5.74) is 1.02. The summed E-state index contributed by atoms with van der Waals surface area (Å²) in [7, 11) is 0. The summed E-state index contributed by atoms with van der Waals surface area (Å²) in [5.74, 6) is -0.168. The van der Waals surface area contributed by atoms with E-state index >= 15 is 0 Å². The summed E-state index contributed by atoms with van der Waals surface area (Å²) >= 11 is 0. The maximum atomic E-state index is 12.4. The van der Waals surface area contributed by atoms with Crippen LogP contribution in [0.15, 0.2) is 24.3 Å². The minimum atomic E-state index is -0.533. The second kappa shape index (κ2) is 9.54. The fraction of sp³-hybridized carbons (Fsp3) is 0.579. The predicted molar refractivity (Wildman–Crippen MR) is 100 cm³/mol. The zero-order valence-corrected chi connectivity index (χ0v) is 16.0. The first-order chi connectivity index (χ1) is 12.4. The maximum Gasteiger partial charge on any atom is 0.411 e. The largest absolute Gasteiger partial charge is 0.450 e. The zero-order chi connectivity index (χ0) is 19.1. The zero-order valence-electron chi connectivity index (χ0n) is 16.0. The van der Waals surface area contributed by atoms with Gasteiger partial charge in [0.25, 0.3) is 5.91 Å². The number of carbonyl (C=O) groups is 2. The van der Waals surface area contributed by atoms with Gasteiger partial charge in [0, 0.05) is 36.9 Å². The van der Waals surface area contributed by atoms with Crippen LogP contribution in [0.25, 0.3) is 0 Å². The van der Waals surface area contributed by atoms with Gasteiger partial charge >= 0.3 is 6.09 Å². The molecule has 0 bridgehead atoms. The van der Waals surface area contributed by atoms with Crippen LogP contribution in [0.4, 0.5) is 10.5 Å². The number of hydrogen-bond acceptors (Lipinski definition) is 5. The number of nitrogens with zero attached hydrogens (tertiary/aromatic N) is 1. The molecule has 1 saturated heterocycles. The Morgan fingerprint density at radius 2 is 2.00 bits per heavy atom. The van der Waals surface area contributed by atoms with E-state index in [9.17, 15) is 9.59 Å². The monoisotopic (exact) mass is 363 g/mol. The number of hydrogen-bond donors (Lipinski definition) is 2. The van der Waals surface area contributed by atoms with E-state index in [1.54, 1.807) is 31.2 Å². The third kappa shape index (κ3) is 6.00. The van der Waals surface area contributed by atoms with Gasteiger partial charge in [-0.15, -0.1) is 0 Å². The number of ether oxygens (including phenoxy) is 2. The molecular formula is C19H29N3O4. The third-order valence-corrected chi connectivity index (χ3v) is 4.28. The smallest absolute Gasteiger partial charge is 0.411 e. The van der Waals surface area contributed by atoms with E-state index in [0.717, 1.165) is 13.1 Å². The minimum Gasteiger partial charge on any atom is -0.450 e. The molecule has 2 N–H and O–H groups in total. The highest BCUT2D eigenvalue weighted by atomic mass is 16.5. The van der Waals surface area contributed by atoms with Crippen molar-refractivity contribution in [2.75, 3.05) is 31.6 Å². The summed E-state index contributed by atoms with van der Waals surface area (Å²) in [6, 6.07) is 7.01. The highest BCUT2D eigenvalue weighted by Crippen LogP contribution is 2.14. The van der Waals surface area contributed by atoms with E-state index in [1.807, 2.05) is 0 Å². The van der Waals surface area contributed by atoms with E-state index in [1.165, 1.54) is 0 Å². The molecule has 0 spiro atoms. The summed E-state index contributed by atoms with van der Waals surface area (Å²) in [4.78, 5) is 26.2. The number of carbonyl (C=O) groups excluding carboxylic acids is 2. The normalized spacial score (nSPS) is 21.7. The van der Waals surface area contributed by atoms with E-state index in [2.05, 4.69) is 36.3 Å². The molecule has 0 unspecified atom stereocenters. The number of anilines is 1. The molecule has 1 aromatic rings. The molecule has 0 aliphatic carbocycles. The number of nitrogens with one attached hydrogen (secondary N) is 2. The van der Waals surface area contributed by atoms with Crippen LogP contribution in [-0.4, -0.2) is 61.4 Å². The van der Waals surface area contributed by atoms with Crippen LogP contribution in [0, 0.1) is 0 Å². The highest BCUT2D eigenvalue weighted by Gasteiger charge is 2.25. The topological polar surface area (TPSA) is 79.9 Å². The molecule has 3 atom stereocenters. The molecule has 1 aliphatic rings. The van der Waals surface area contributed by atoms with Crippen molar-refractivity contribution in [3.8, 4) is 0 Å². The molecule has 2 amide bonds. The first-order valence-electron chi connectivity index (χ1n) is 9.10. The van der Waals surface area contributed by atoms with Gasteiger partial charge in [0.1, 0.15) is 0 Å². The average Bonchev–Trinajstić information content (AvgIpc) is 2.59. The molecular weight excluding hydrogens is 334 g/mol. The quantitative estimate of drug-likeness (QED) is 0.812. The van der Waals surface area contributed by atoms with Crippen molar-refractivity contribution < 1.29 is 19.1 Å². The second-order valence-corrected chi connectivity index (χ2v) is 6.70. The highest BCUT2D eigenvalue weighted by molar-refractivity contribution is 5.96. The van der Waals surface area contributed by atoms with Gasteiger partial charge in [-0.2, -0.15) is 0 Å². The van der Waals surface area contributed by atoms with Crippen LogP contribution in [0.2, 0.25) is 0 Å². The lowest BCUT2D eigenvalue weighted by Crippen LogP contribution is -2.52. The summed E-state index contributed by atoms with van der Waals surface area (Å²) in [6.45, 7) is 10.5. The van der Waals surface area contributed by atoms with E-state index in [4.69, 9.17) is 9.47 Å². The molecule has 0 aromatic heterocycles. The van der Waals surface area contributed by atoms with Crippen molar-refractivity contribution in [2.45, 2.75) is 45.9 Å². The Labute approximate surface area is 155 Å². The van der Waals surface area contributed by atoms with Crippen molar-refractivity contribution in [1.82, 2.24) is 10.2 Å². The van der Waals surface area contributed by atoms with E-state index in [-0.39, 0.29) is 24.2 Å². The minimum absolute atomic E-state index is 0.168. The van der Waals surface area contributed by atoms with Crippen molar-refractivity contribution in [3.05, 3.63) is 29.8 Å². The Hall–Kier alpha value is -2.12. The lowest BCUT2D eigenvalue weighted by molar-refractivity contribution is -0.0778. The maximum absolute atomic E-state index is 12.4. The summed E-state index contributed by atoms with van der Waals surface area (Å²) in [6.07, 6.45) is -0.140. The average molecular weight is 363 g/mol. The predicted octanol–water partition coefficient (Wildman–Crippen LogP) is 2.48. The van der Waals surface area contributed by atoms with Crippen LogP contribution in [0.3, 0.4) is 0 Å². The molecule has 2 rings (SSSR count). The first kappa shape index (κ1) is 20.2. The third-order valence-electron chi connectivity index (χ3n) is 4.28. The van der Waals surface area contributed by atoms with Gasteiger partial charge < -0.3 is 14.8 Å². The Morgan fingerprint density at radius 3 is 2.65 bits per heavy atom. The molecule has 144 valence electrons. The Bertz CT molecular complexity index is 613. The van der Waals surface area contributed by atoms with Crippen LogP contribution < -0.4 is 10.6 Å². The van der Waals surface area contributed by atoms with Crippen molar-refractivity contribution in [2.24, 2.45) is 0 Å². The number of benzene rings is 1. The number of morpholine rings is 1.